The molecule has 0 bridgehead atoms. The Morgan fingerprint density at radius 1 is 1.12 bits per heavy atom. The number of hydrogen-bond donors (Lipinski definition) is 1. The number of anilines is 1. The van der Waals surface area contributed by atoms with Gasteiger partial charge in [0.25, 0.3) is 5.91 Å². The van der Waals surface area contributed by atoms with E-state index in [1.54, 1.807) is 21.2 Å². The molecule has 32 heavy (non-hydrogen) atoms. The van der Waals surface area contributed by atoms with Crippen LogP contribution >= 0.6 is 11.3 Å². The summed E-state index contributed by atoms with van der Waals surface area (Å²) in [6.45, 7) is 1.24. The Labute approximate surface area is 188 Å². The second kappa shape index (κ2) is 8.64. The Morgan fingerprint density at radius 3 is 2.78 bits per heavy atom. The van der Waals surface area contributed by atoms with Gasteiger partial charge >= 0.3 is 6.09 Å². The lowest BCUT2D eigenvalue weighted by atomic mass is 10.2. The fourth-order valence-electron chi connectivity index (χ4n) is 3.40. The SMILES string of the molecule is O=C(NCc1cccc(N2CCOC2=O)c1)c1csc(-c2cnn(-c3ccccc3)c2)n1. The maximum Gasteiger partial charge on any atom is 0.414 e. The van der Waals surface area contributed by atoms with Crippen LogP contribution in [0, 0.1) is 0 Å². The van der Waals surface area contributed by atoms with Gasteiger partial charge in [0, 0.05) is 29.4 Å². The van der Waals surface area contributed by atoms with Crippen LogP contribution in [0.15, 0.2) is 72.4 Å². The van der Waals surface area contributed by atoms with E-state index in [1.807, 2.05) is 60.8 Å². The Morgan fingerprint density at radius 2 is 1.97 bits per heavy atom. The van der Waals surface area contributed by atoms with Crippen molar-refractivity contribution in [2.24, 2.45) is 0 Å². The highest BCUT2D eigenvalue weighted by Gasteiger charge is 2.23. The number of rotatable bonds is 6. The molecule has 1 aliphatic rings. The van der Waals surface area contributed by atoms with Crippen LogP contribution in [0.25, 0.3) is 16.3 Å². The minimum atomic E-state index is -0.350. The standard InChI is InChI=1S/C23H19N5O3S/c29-21(24-12-16-5-4-8-19(11-16)27-9-10-31-23(27)30)20-15-32-22(26-20)17-13-25-28(14-17)18-6-2-1-3-7-18/h1-8,11,13-15H,9-10,12H2,(H,24,29). The zero-order valence-corrected chi connectivity index (χ0v) is 17.8. The van der Waals surface area contributed by atoms with Crippen molar-refractivity contribution in [2.75, 3.05) is 18.1 Å². The lowest BCUT2D eigenvalue weighted by Gasteiger charge is -2.14. The van der Waals surface area contributed by atoms with Crippen LogP contribution in [0.2, 0.25) is 0 Å². The molecule has 2 amide bonds. The van der Waals surface area contributed by atoms with Crippen LogP contribution in [0.3, 0.4) is 0 Å². The van der Waals surface area contributed by atoms with Crippen molar-refractivity contribution in [1.82, 2.24) is 20.1 Å². The van der Waals surface area contributed by atoms with Gasteiger partial charge in [0.1, 0.15) is 17.3 Å². The Bertz CT molecular complexity index is 1270. The van der Waals surface area contributed by atoms with E-state index in [0.717, 1.165) is 27.5 Å². The van der Waals surface area contributed by atoms with Crippen molar-refractivity contribution in [1.29, 1.82) is 0 Å². The third-order valence-electron chi connectivity index (χ3n) is 5.02. The Balaban J connectivity index is 1.24. The quantitative estimate of drug-likeness (QED) is 0.487. The highest BCUT2D eigenvalue weighted by atomic mass is 32.1. The molecule has 1 aliphatic heterocycles. The summed E-state index contributed by atoms with van der Waals surface area (Å²) in [5.74, 6) is -0.256. The molecule has 0 unspecified atom stereocenters. The minimum absolute atomic E-state index is 0.256. The second-order valence-corrected chi connectivity index (χ2v) is 8.02. The van der Waals surface area contributed by atoms with Crippen LogP contribution in [0.5, 0.6) is 0 Å². The maximum absolute atomic E-state index is 12.6. The normalized spacial score (nSPS) is 13.2. The van der Waals surface area contributed by atoms with E-state index in [1.165, 1.54) is 11.3 Å². The molecule has 8 nitrogen and oxygen atoms in total. The van der Waals surface area contributed by atoms with Crippen molar-refractivity contribution in [3.8, 4) is 16.3 Å². The number of carbonyl (C=O) groups is 2. The third-order valence-corrected chi connectivity index (χ3v) is 5.91. The molecule has 2 aromatic carbocycles. The van der Waals surface area contributed by atoms with E-state index in [4.69, 9.17) is 4.74 Å². The predicted molar refractivity (Wildman–Crippen MR) is 121 cm³/mol. The van der Waals surface area contributed by atoms with Gasteiger partial charge in [0.2, 0.25) is 0 Å². The van der Waals surface area contributed by atoms with Gasteiger partial charge in [-0.1, -0.05) is 30.3 Å². The number of thiazole rings is 1. The topological polar surface area (TPSA) is 89.4 Å². The number of para-hydroxylation sites is 1. The molecule has 1 saturated heterocycles. The molecule has 0 radical (unpaired) electrons. The van der Waals surface area contributed by atoms with Gasteiger partial charge < -0.3 is 10.1 Å². The molecule has 0 spiro atoms. The molecule has 1 fully saturated rings. The summed E-state index contributed by atoms with van der Waals surface area (Å²) in [7, 11) is 0. The van der Waals surface area contributed by atoms with Crippen molar-refractivity contribution < 1.29 is 14.3 Å². The van der Waals surface area contributed by atoms with Crippen LogP contribution in [-0.2, 0) is 11.3 Å². The minimum Gasteiger partial charge on any atom is -0.447 e. The van der Waals surface area contributed by atoms with Gasteiger partial charge in [-0.25, -0.2) is 14.5 Å². The van der Waals surface area contributed by atoms with Crippen molar-refractivity contribution in [3.05, 3.63) is 83.6 Å². The number of carbonyl (C=O) groups excluding carboxylic acids is 2. The van der Waals surface area contributed by atoms with E-state index in [0.29, 0.717) is 25.4 Å². The first-order valence-electron chi connectivity index (χ1n) is 10.0. The number of nitrogens with zero attached hydrogens (tertiary/aromatic N) is 4. The Hall–Kier alpha value is -3.98. The number of benzene rings is 2. The molecule has 9 heteroatoms. The lowest BCUT2D eigenvalue weighted by molar-refractivity contribution is 0.0946. The average Bonchev–Trinajstić information content (AvgIpc) is 3.58. The summed E-state index contributed by atoms with van der Waals surface area (Å²) < 4.78 is 6.76. The number of nitrogens with one attached hydrogen (secondary N) is 1. The van der Waals surface area contributed by atoms with E-state index >= 15 is 0 Å². The number of ether oxygens (including phenoxy) is 1. The van der Waals surface area contributed by atoms with Crippen LogP contribution in [0.1, 0.15) is 16.1 Å². The van der Waals surface area contributed by atoms with Crippen LogP contribution in [-0.4, -0.2) is 39.9 Å². The molecule has 3 heterocycles. The Kier molecular flexibility index (Phi) is 5.39. The molecule has 5 rings (SSSR count). The predicted octanol–water partition coefficient (Wildman–Crippen LogP) is 3.88. The second-order valence-electron chi connectivity index (χ2n) is 7.17. The van der Waals surface area contributed by atoms with Crippen molar-refractivity contribution in [2.45, 2.75) is 6.54 Å². The van der Waals surface area contributed by atoms with Gasteiger partial charge in [0.15, 0.2) is 0 Å². The van der Waals surface area contributed by atoms with E-state index in [9.17, 15) is 9.59 Å². The molecule has 0 atom stereocenters. The average molecular weight is 446 g/mol. The van der Waals surface area contributed by atoms with Crippen LogP contribution in [0.4, 0.5) is 10.5 Å². The first kappa shape index (κ1) is 20.0. The molecular formula is C23H19N5O3S. The van der Waals surface area contributed by atoms with E-state index in [-0.39, 0.29) is 12.0 Å². The first-order valence-corrected chi connectivity index (χ1v) is 10.9. The summed E-state index contributed by atoms with van der Waals surface area (Å²) in [5.41, 5.74) is 3.80. The summed E-state index contributed by atoms with van der Waals surface area (Å²) in [4.78, 5) is 30.4. The van der Waals surface area contributed by atoms with Crippen molar-refractivity contribution in [3.63, 3.8) is 0 Å². The van der Waals surface area contributed by atoms with E-state index < -0.39 is 0 Å². The van der Waals surface area contributed by atoms with E-state index in [2.05, 4.69) is 15.4 Å². The van der Waals surface area contributed by atoms with Crippen LogP contribution < -0.4 is 10.2 Å². The fraction of sp³-hybridized carbons (Fsp3) is 0.130. The summed E-state index contributed by atoms with van der Waals surface area (Å²) in [5, 5.41) is 9.74. The number of aromatic nitrogens is 3. The lowest BCUT2D eigenvalue weighted by Crippen LogP contribution is -2.25. The van der Waals surface area contributed by atoms with Gasteiger partial charge in [-0.2, -0.15) is 5.10 Å². The first-order chi connectivity index (χ1) is 15.7. The monoisotopic (exact) mass is 445 g/mol. The zero-order chi connectivity index (χ0) is 21.9. The highest BCUT2D eigenvalue weighted by molar-refractivity contribution is 7.13. The van der Waals surface area contributed by atoms with Gasteiger partial charge in [-0.3, -0.25) is 9.69 Å². The van der Waals surface area contributed by atoms with Gasteiger partial charge in [-0.05, 0) is 29.8 Å². The zero-order valence-electron chi connectivity index (χ0n) is 17.0. The molecule has 4 aromatic rings. The fourth-order valence-corrected chi connectivity index (χ4v) is 4.18. The molecule has 160 valence electrons. The summed E-state index contributed by atoms with van der Waals surface area (Å²) in [6, 6.07) is 17.3. The van der Waals surface area contributed by atoms with Crippen molar-refractivity contribution >= 4 is 29.0 Å². The largest absolute Gasteiger partial charge is 0.447 e. The van der Waals surface area contributed by atoms with Gasteiger partial charge in [0.05, 0.1) is 18.4 Å². The number of cyclic esters (lactones) is 1. The molecule has 2 aromatic heterocycles. The van der Waals surface area contributed by atoms with Gasteiger partial charge in [-0.15, -0.1) is 11.3 Å². The molecule has 1 N–H and O–H groups in total. The highest BCUT2D eigenvalue weighted by Crippen LogP contribution is 2.24. The molecule has 0 saturated carbocycles. The third kappa shape index (κ3) is 4.10. The summed E-state index contributed by atoms with van der Waals surface area (Å²) >= 11 is 1.40. The number of hydrogen-bond acceptors (Lipinski definition) is 6. The molecular weight excluding hydrogens is 426 g/mol. The number of amides is 2. The smallest absolute Gasteiger partial charge is 0.414 e. The maximum atomic E-state index is 12.6. The molecule has 0 aliphatic carbocycles. The summed E-state index contributed by atoms with van der Waals surface area (Å²) in [6.07, 6.45) is 3.28.